The van der Waals surface area contributed by atoms with Crippen LogP contribution in [0.2, 0.25) is 0 Å². The highest BCUT2D eigenvalue weighted by molar-refractivity contribution is 7.89. The molecule has 0 bridgehead atoms. The van der Waals surface area contributed by atoms with Gasteiger partial charge in [0, 0.05) is 19.1 Å². The van der Waals surface area contributed by atoms with Crippen molar-refractivity contribution in [2.75, 3.05) is 26.2 Å². The van der Waals surface area contributed by atoms with Gasteiger partial charge in [-0.2, -0.15) is 4.31 Å². The third-order valence-corrected chi connectivity index (χ3v) is 7.49. The van der Waals surface area contributed by atoms with Gasteiger partial charge >= 0.3 is 0 Å². The van der Waals surface area contributed by atoms with E-state index in [1.54, 1.807) is 4.31 Å². The van der Waals surface area contributed by atoms with Crippen LogP contribution < -0.4 is 0 Å². The molecule has 0 aromatic heterocycles. The number of aryl methyl sites for hydroxylation is 3. The fourth-order valence-corrected chi connectivity index (χ4v) is 6.14. The summed E-state index contributed by atoms with van der Waals surface area (Å²) < 4.78 is 27.9. The number of nitrogens with zero attached hydrogens (tertiary/aromatic N) is 2. The van der Waals surface area contributed by atoms with Crippen LogP contribution in [-0.4, -0.2) is 49.8 Å². The molecule has 0 spiro atoms. The van der Waals surface area contributed by atoms with E-state index < -0.39 is 10.0 Å². The average molecular weight is 337 g/mol. The highest BCUT2D eigenvalue weighted by Gasteiger charge is 2.33. The zero-order chi connectivity index (χ0) is 16.6. The van der Waals surface area contributed by atoms with E-state index in [-0.39, 0.29) is 0 Å². The molecular weight excluding hydrogens is 308 g/mol. The van der Waals surface area contributed by atoms with E-state index in [1.165, 1.54) is 25.9 Å². The third-order valence-electron chi connectivity index (χ3n) is 5.28. The van der Waals surface area contributed by atoms with E-state index in [2.05, 4.69) is 4.90 Å². The molecule has 2 aliphatic heterocycles. The number of hydrogen-bond acceptors (Lipinski definition) is 3. The first-order valence-corrected chi connectivity index (χ1v) is 10.2. The van der Waals surface area contributed by atoms with E-state index in [0.717, 1.165) is 29.5 Å². The Hall–Kier alpha value is -0.910. The molecule has 2 heterocycles. The van der Waals surface area contributed by atoms with Crippen molar-refractivity contribution in [3.05, 3.63) is 28.8 Å². The second-order valence-corrected chi connectivity index (χ2v) is 8.98. The van der Waals surface area contributed by atoms with Crippen molar-refractivity contribution in [3.63, 3.8) is 0 Å². The molecular formula is C18H28N2O2S. The normalized spacial score (nSPS) is 21.9. The Kier molecular flexibility index (Phi) is 4.81. The van der Waals surface area contributed by atoms with Gasteiger partial charge in [0.15, 0.2) is 0 Å². The molecule has 23 heavy (non-hydrogen) atoms. The molecule has 128 valence electrons. The van der Waals surface area contributed by atoms with Gasteiger partial charge in [-0.25, -0.2) is 8.42 Å². The molecule has 3 rings (SSSR count). The Balaban J connectivity index is 1.77. The zero-order valence-corrected chi connectivity index (χ0v) is 15.3. The summed E-state index contributed by atoms with van der Waals surface area (Å²) >= 11 is 0. The molecule has 2 aliphatic rings. The molecule has 1 aromatic carbocycles. The van der Waals surface area contributed by atoms with Gasteiger partial charge in [0.05, 0.1) is 4.90 Å². The van der Waals surface area contributed by atoms with Crippen molar-refractivity contribution in [2.24, 2.45) is 0 Å². The smallest absolute Gasteiger partial charge is 0.243 e. The first-order valence-electron chi connectivity index (χ1n) is 8.71. The maximum absolute atomic E-state index is 13.1. The minimum Gasteiger partial charge on any atom is -0.300 e. The Morgan fingerprint density at radius 1 is 0.913 bits per heavy atom. The number of sulfonamides is 1. The van der Waals surface area contributed by atoms with Gasteiger partial charge in [0.2, 0.25) is 10.0 Å². The van der Waals surface area contributed by atoms with Crippen LogP contribution in [-0.2, 0) is 10.0 Å². The van der Waals surface area contributed by atoms with Gasteiger partial charge in [-0.1, -0.05) is 17.7 Å². The summed E-state index contributed by atoms with van der Waals surface area (Å²) in [5.74, 6) is 0. The molecule has 5 heteroatoms. The van der Waals surface area contributed by atoms with Crippen molar-refractivity contribution in [3.8, 4) is 0 Å². The van der Waals surface area contributed by atoms with Crippen LogP contribution in [0.25, 0.3) is 0 Å². The SMILES string of the molecule is Cc1cc(C)c(S(=O)(=O)N2CCC(N3CCCC3)CC2)c(C)c1. The number of benzene rings is 1. The summed E-state index contributed by atoms with van der Waals surface area (Å²) in [5.41, 5.74) is 2.85. The second kappa shape index (κ2) is 6.54. The first-order chi connectivity index (χ1) is 10.9. The molecule has 2 saturated heterocycles. The molecule has 0 unspecified atom stereocenters. The maximum Gasteiger partial charge on any atom is 0.243 e. The Morgan fingerprint density at radius 2 is 1.43 bits per heavy atom. The molecule has 2 fully saturated rings. The highest BCUT2D eigenvalue weighted by Crippen LogP contribution is 2.29. The largest absolute Gasteiger partial charge is 0.300 e. The molecule has 0 aliphatic carbocycles. The van der Waals surface area contributed by atoms with Gasteiger partial charge in [-0.3, -0.25) is 0 Å². The van der Waals surface area contributed by atoms with E-state index in [0.29, 0.717) is 24.0 Å². The maximum atomic E-state index is 13.1. The lowest BCUT2D eigenvalue weighted by atomic mass is 10.1. The molecule has 0 N–H and O–H groups in total. The molecule has 0 saturated carbocycles. The van der Waals surface area contributed by atoms with Gasteiger partial charge in [0.25, 0.3) is 0 Å². The fraction of sp³-hybridized carbons (Fsp3) is 0.667. The fourth-order valence-electron chi connectivity index (χ4n) is 4.26. The van der Waals surface area contributed by atoms with E-state index >= 15 is 0 Å². The predicted molar refractivity (Wildman–Crippen MR) is 93.2 cm³/mol. The van der Waals surface area contributed by atoms with Crippen molar-refractivity contribution < 1.29 is 8.42 Å². The zero-order valence-electron chi connectivity index (χ0n) is 14.5. The van der Waals surface area contributed by atoms with Gasteiger partial charge < -0.3 is 4.90 Å². The first kappa shape index (κ1) is 16.9. The minimum atomic E-state index is -3.37. The van der Waals surface area contributed by atoms with Crippen LogP contribution in [0.15, 0.2) is 17.0 Å². The molecule has 0 amide bonds. The standard InChI is InChI=1S/C18H28N2O2S/c1-14-12-15(2)18(16(3)13-14)23(21,22)20-10-6-17(7-11-20)19-8-4-5-9-19/h12-13,17H,4-11H2,1-3H3. The number of piperidine rings is 1. The minimum absolute atomic E-state index is 0.516. The lowest BCUT2D eigenvalue weighted by molar-refractivity contribution is 0.168. The summed E-state index contributed by atoms with van der Waals surface area (Å²) in [6, 6.07) is 4.51. The topological polar surface area (TPSA) is 40.6 Å². The van der Waals surface area contributed by atoms with E-state index in [9.17, 15) is 8.42 Å². The Morgan fingerprint density at radius 3 is 1.96 bits per heavy atom. The van der Waals surface area contributed by atoms with Gasteiger partial charge in [0.1, 0.15) is 0 Å². The third kappa shape index (κ3) is 3.32. The summed E-state index contributed by atoms with van der Waals surface area (Å²) in [5, 5.41) is 0. The van der Waals surface area contributed by atoms with Crippen molar-refractivity contribution in [1.82, 2.24) is 9.21 Å². The summed E-state index contributed by atoms with van der Waals surface area (Å²) in [7, 11) is -3.37. The van der Waals surface area contributed by atoms with Crippen LogP contribution in [0.5, 0.6) is 0 Å². The Labute approximate surface area is 140 Å². The number of hydrogen-bond donors (Lipinski definition) is 0. The van der Waals surface area contributed by atoms with Crippen molar-refractivity contribution >= 4 is 10.0 Å². The van der Waals surface area contributed by atoms with Crippen LogP contribution in [0.4, 0.5) is 0 Å². The highest BCUT2D eigenvalue weighted by atomic mass is 32.2. The molecule has 4 nitrogen and oxygen atoms in total. The van der Waals surface area contributed by atoms with Crippen LogP contribution in [0.1, 0.15) is 42.4 Å². The quantitative estimate of drug-likeness (QED) is 0.852. The van der Waals surface area contributed by atoms with Crippen LogP contribution in [0, 0.1) is 20.8 Å². The van der Waals surface area contributed by atoms with E-state index in [4.69, 9.17) is 0 Å². The summed E-state index contributed by atoms with van der Waals surface area (Å²) in [6.07, 6.45) is 4.51. The monoisotopic (exact) mass is 336 g/mol. The average Bonchev–Trinajstić information content (AvgIpc) is 3.00. The Bertz CT molecular complexity index is 647. The second-order valence-electron chi connectivity index (χ2n) is 7.11. The van der Waals surface area contributed by atoms with Crippen molar-refractivity contribution in [2.45, 2.75) is 57.4 Å². The molecule has 0 atom stereocenters. The number of rotatable bonds is 3. The van der Waals surface area contributed by atoms with Gasteiger partial charge in [-0.05, 0) is 70.7 Å². The molecule has 0 radical (unpaired) electrons. The summed E-state index contributed by atoms with van der Waals surface area (Å²) in [6.45, 7) is 9.50. The van der Waals surface area contributed by atoms with Gasteiger partial charge in [-0.15, -0.1) is 0 Å². The molecule has 1 aromatic rings. The summed E-state index contributed by atoms with van der Waals surface area (Å²) in [4.78, 5) is 3.06. The van der Waals surface area contributed by atoms with Crippen molar-refractivity contribution in [1.29, 1.82) is 0 Å². The predicted octanol–water partition coefficient (Wildman–Crippen LogP) is 2.86. The lowest BCUT2D eigenvalue weighted by Crippen LogP contribution is -2.46. The van der Waals surface area contributed by atoms with Crippen LogP contribution >= 0.6 is 0 Å². The lowest BCUT2D eigenvalue weighted by Gasteiger charge is -2.36. The van der Waals surface area contributed by atoms with Crippen LogP contribution in [0.3, 0.4) is 0 Å². The number of likely N-dealkylation sites (tertiary alicyclic amines) is 1. The van der Waals surface area contributed by atoms with E-state index in [1.807, 2.05) is 32.9 Å².